The molecule has 1 aromatic carbocycles. The number of carbonyl (C=O) groups excluding carboxylic acids is 1. The van der Waals surface area contributed by atoms with Crippen molar-refractivity contribution >= 4 is 28.8 Å². The van der Waals surface area contributed by atoms with Crippen molar-refractivity contribution in [1.29, 1.82) is 0 Å². The molecule has 152 valence electrons. The van der Waals surface area contributed by atoms with Crippen molar-refractivity contribution in [2.75, 3.05) is 25.0 Å². The van der Waals surface area contributed by atoms with Crippen molar-refractivity contribution < 1.29 is 4.79 Å². The second-order valence-electron chi connectivity index (χ2n) is 7.68. The normalized spacial score (nSPS) is 16.6. The number of carbonyl (C=O) groups is 1. The summed E-state index contributed by atoms with van der Waals surface area (Å²) in [5, 5.41) is 5.53. The number of benzene rings is 1. The van der Waals surface area contributed by atoms with Crippen molar-refractivity contribution in [2.45, 2.75) is 39.2 Å². The average molecular weight is 412 g/mol. The molecule has 6 nitrogen and oxygen atoms in total. The van der Waals surface area contributed by atoms with Crippen LogP contribution in [0.1, 0.15) is 42.6 Å². The summed E-state index contributed by atoms with van der Waals surface area (Å²) < 4.78 is 1.97. The molecule has 0 spiro atoms. The standard InChI is InChI=1S/C22H26ClN5O/c1-4-21(29)27-11-9-16(13-27)20-8-10-24-22-19(15(2)25-28(20)22)14-26(3)18-7-5-6-17(23)12-18/h5-8,10,12,16H,4,9,11,13-14H2,1-3H3/t16-/m0/s1. The van der Waals surface area contributed by atoms with Gasteiger partial charge in [0.15, 0.2) is 5.65 Å². The minimum atomic E-state index is 0.221. The zero-order valence-electron chi connectivity index (χ0n) is 17.1. The van der Waals surface area contributed by atoms with E-state index in [1.54, 1.807) is 0 Å². The minimum Gasteiger partial charge on any atom is -0.370 e. The third-order valence-electron chi connectivity index (χ3n) is 5.75. The number of anilines is 1. The highest BCUT2D eigenvalue weighted by Crippen LogP contribution is 2.29. The first-order valence-electron chi connectivity index (χ1n) is 10.1. The van der Waals surface area contributed by atoms with Crippen LogP contribution in [0.25, 0.3) is 5.65 Å². The lowest BCUT2D eigenvalue weighted by Gasteiger charge is -2.19. The van der Waals surface area contributed by atoms with Crippen LogP contribution in [0.3, 0.4) is 0 Å². The number of rotatable bonds is 5. The zero-order valence-corrected chi connectivity index (χ0v) is 17.9. The van der Waals surface area contributed by atoms with Crippen LogP contribution in [0, 0.1) is 6.92 Å². The molecule has 1 aliphatic heterocycles. The van der Waals surface area contributed by atoms with E-state index in [9.17, 15) is 4.79 Å². The smallest absolute Gasteiger partial charge is 0.222 e. The molecular formula is C22H26ClN5O. The van der Waals surface area contributed by atoms with Gasteiger partial charge in [0.25, 0.3) is 0 Å². The van der Waals surface area contributed by atoms with Crippen LogP contribution in [0.4, 0.5) is 5.69 Å². The lowest BCUT2D eigenvalue weighted by Crippen LogP contribution is -2.27. The Kier molecular flexibility index (Phi) is 5.46. The van der Waals surface area contributed by atoms with Gasteiger partial charge in [0.2, 0.25) is 5.91 Å². The van der Waals surface area contributed by atoms with Gasteiger partial charge in [-0.2, -0.15) is 5.10 Å². The Morgan fingerprint density at radius 2 is 2.17 bits per heavy atom. The van der Waals surface area contributed by atoms with Crippen LogP contribution in [0.2, 0.25) is 5.02 Å². The van der Waals surface area contributed by atoms with Crippen molar-refractivity contribution in [3.63, 3.8) is 0 Å². The van der Waals surface area contributed by atoms with E-state index in [2.05, 4.69) is 9.88 Å². The van der Waals surface area contributed by atoms with Crippen LogP contribution in [0.15, 0.2) is 36.5 Å². The second-order valence-corrected chi connectivity index (χ2v) is 8.12. The molecule has 3 aromatic rings. The van der Waals surface area contributed by atoms with Crippen molar-refractivity contribution in [3.8, 4) is 0 Å². The van der Waals surface area contributed by atoms with Gasteiger partial charge in [-0.1, -0.05) is 24.6 Å². The molecule has 7 heteroatoms. The van der Waals surface area contributed by atoms with Crippen molar-refractivity contribution in [1.82, 2.24) is 19.5 Å². The van der Waals surface area contributed by atoms with Crippen LogP contribution < -0.4 is 4.90 Å². The summed E-state index contributed by atoms with van der Waals surface area (Å²) in [7, 11) is 2.05. The molecule has 3 heterocycles. The van der Waals surface area contributed by atoms with Gasteiger partial charge in [0, 0.05) is 61.5 Å². The molecule has 1 saturated heterocycles. The third kappa shape index (κ3) is 3.81. The van der Waals surface area contributed by atoms with E-state index in [4.69, 9.17) is 16.7 Å². The fourth-order valence-electron chi connectivity index (χ4n) is 4.10. The SMILES string of the molecule is CCC(=O)N1CC[C@H](c2ccnc3c(CN(C)c4cccc(Cl)c4)c(C)nn23)C1. The molecule has 0 unspecified atom stereocenters. The molecule has 1 aliphatic rings. The Morgan fingerprint density at radius 1 is 1.34 bits per heavy atom. The van der Waals surface area contributed by atoms with E-state index in [1.165, 1.54) is 0 Å². The van der Waals surface area contributed by atoms with E-state index in [-0.39, 0.29) is 11.8 Å². The Hall–Kier alpha value is -2.60. The Morgan fingerprint density at radius 3 is 2.93 bits per heavy atom. The molecule has 0 bridgehead atoms. The molecule has 0 saturated carbocycles. The van der Waals surface area contributed by atoms with Gasteiger partial charge in [0.05, 0.1) is 11.4 Å². The summed E-state index contributed by atoms with van der Waals surface area (Å²) in [4.78, 5) is 20.8. The number of aromatic nitrogens is 3. The largest absolute Gasteiger partial charge is 0.370 e. The Balaban J connectivity index is 1.63. The predicted molar refractivity (Wildman–Crippen MR) is 116 cm³/mol. The number of amides is 1. The van der Waals surface area contributed by atoms with Gasteiger partial charge in [-0.15, -0.1) is 0 Å². The number of fused-ring (bicyclic) bond motifs is 1. The van der Waals surface area contributed by atoms with Crippen LogP contribution >= 0.6 is 11.6 Å². The summed E-state index contributed by atoms with van der Waals surface area (Å²) in [5.41, 5.74) is 5.14. The summed E-state index contributed by atoms with van der Waals surface area (Å²) in [6.45, 7) is 6.20. The molecule has 29 heavy (non-hydrogen) atoms. The topological polar surface area (TPSA) is 53.7 Å². The van der Waals surface area contributed by atoms with Gasteiger partial charge in [0.1, 0.15) is 0 Å². The van der Waals surface area contributed by atoms with Gasteiger partial charge in [-0.25, -0.2) is 9.50 Å². The Labute approximate surface area is 176 Å². The maximum Gasteiger partial charge on any atom is 0.222 e. The average Bonchev–Trinajstić information content (AvgIpc) is 3.32. The van der Waals surface area contributed by atoms with E-state index >= 15 is 0 Å². The maximum atomic E-state index is 12.1. The highest BCUT2D eigenvalue weighted by molar-refractivity contribution is 6.30. The number of halogens is 1. The first kappa shape index (κ1) is 19.7. The summed E-state index contributed by atoms with van der Waals surface area (Å²) >= 11 is 6.15. The molecule has 0 N–H and O–H groups in total. The van der Waals surface area contributed by atoms with Crippen molar-refractivity contribution in [3.05, 3.63) is 58.5 Å². The number of hydrogen-bond donors (Lipinski definition) is 0. The molecular weight excluding hydrogens is 386 g/mol. The van der Waals surface area contributed by atoms with Gasteiger partial charge in [-0.05, 0) is 37.6 Å². The highest BCUT2D eigenvalue weighted by atomic mass is 35.5. The molecule has 0 aliphatic carbocycles. The maximum absolute atomic E-state index is 12.1. The molecule has 0 radical (unpaired) electrons. The van der Waals surface area contributed by atoms with Crippen LogP contribution in [-0.2, 0) is 11.3 Å². The van der Waals surface area contributed by atoms with Gasteiger partial charge >= 0.3 is 0 Å². The number of hydrogen-bond acceptors (Lipinski definition) is 4. The lowest BCUT2D eigenvalue weighted by molar-refractivity contribution is -0.129. The fourth-order valence-corrected chi connectivity index (χ4v) is 4.29. The van der Waals surface area contributed by atoms with E-state index in [0.717, 1.165) is 52.8 Å². The Bertz CT molecular complexity index is 1050. The third-order valence-corrected chi connectivity index (χ3v) is 5.99. The molecule has 4 rings (SSSR count). The summed E-state index contributed by atoms with van der Waals surface area (Å²) in [5.74, 6) is 0.507. The molecule has 1 amide bonds. The molecule has 2 aromatic heterocycles. The van der Waals surface area contributed by atoms with Crippen LogP contribution in [0.5, 0.6) is 0 Å². The monoisotopic (exact) mass is 411 g/mol. The molecule has 1 fully saturated rings. The summed E-state index contributed by atoms with van der Waals surface area (Å²) in [6.07, 6.45) is 3.37. The second kappa shape index (κ2) is 8.03. The molecule has 1 atom stereocenters. The first-order valence-corrected chi connectivity index (χ1v) is 10.4. The van der Waals surface area contributed by atoms with Gasteiger partial charge < -0.3 is 9.80 Å². The minimum absolute atomic E-state index is 0.221. The quantitative estimate of drug-likeness (QED) is 0.635. The highest BCUT2D eigenvalue weighted by Gasteiger charge is 2.29. The van der Waals surface area contributed by atoms with E-state index in [0.29, 0.717) is 13.0 Å². The van der Waals surface area contributed by atoms with Crippen molar-refractivity contribution in [2.24, 2.45) is 0 Å². The number of nitrogens with zero attached hydrogens (tertiary/aromatic N) is 5. The number of aryl methyl sites for hydroxylation is 1. The van der Waals surface area contributed by atoms with Crippen LogP contribution in [-0.4, -0.2) is 45.5 Å². The van der Waals surface area contributed by atoms with Gasteiger partial charge in [-0.3, -0.25) is 4.79 Å². The number of likely N-dealkylation sites (tertiary alicyclic amines) is 1. The zero-order chi connectivity index (χ0) is 20.5. The lowest BCUT2D eigenvalue weighted by atomic mass is 10.0. The first-order chi connectivity index (χ1) is 14.0. The predicted octanol–water partition coefficient (Wildman–Crippen LogP) is 4.05. The van der Waals surface area contributed by atoms with E-state index in [1.807, 2.05) is 66.8 Å². The fraction of sp³-hybridized carbons (Fsp3) is 0.409. The summed E-state index contributed by atoms with van der Waals surface area (Å²) in [6, 6.07) is 9.87. The van der Waals surface area contributed by atoms with E-state index < -0.39 is 0 Å².